The minimum atomic E-state index is -0.0815. The summed E-state index contributed by atoms with van der Waals surface area (Å²) in [6.45, 7) is 15.2. The molecule has 0 aromatic carbocycles. The first-order valence-corrected chi connectivity index (χ1v) is 14.6. The van der Waals surface area contributed by atoms with E-state index in [-0.39, 0.29) is 6.10 Å². The van der Waals surface area contributed by atoms with E-state index in [1.807, 2.05) is 0 Å². The molecular weight excluding hydrogens is 388 g/mol. The standard InChI is InChI=1S/C31H54O/c1-7-21(3)23(8-2)13-12-22(4)27-10-9-11-28-26-15-14-24-20-25(32)16-18-30(24,5)29(26)17-19-31(27,28)6/h14,21-23,25-29,32H,7-13,15-20H2,1-6H3/t21-,22+,23+,25-,26-,27-,28+,29-,30-,31+/m0/s1. The number of fused-ring (bicyclic) bond motifs is 5. The number of rotatable bonds is 7. The lowest BCUT2D eigenvalue weighted by molar-refractivity contribution is -0.110. The highest BCUT2D eigenvalue weighted by atomic mass is 16.3. The Kier molecular flexibility index (Phi) is 7.56. The summed E-state index contributed by atoms with van der Waals surface area (Å²) < 4.78 is 0. The number of aliphatic hydroxyl groups excluding tert-OH is 1. The Morgan fingerprint density at radius 2 is 1.75 bits per heavy atom. The Labute approximate surface area is 200 Å². The molecule has 3 saturated carbocycles. The molecule has 4 aliphatic carbocycles. The molecule has 0 heterocycles. The Morgan fingerprint density at radius 3 is 2.47 bits per heavy atom. The van der Waals surface area contributed by atoms with Crippen LogP contribution < -0.4 is 0 Å². The molecule has 0 amide bonds. The van der Waals surface area contributed by atoms with Crippen molar-refractivity contribution in [3.05, 3.63) is 11.6 Å². The van der Waals surface area contributed by atoms with Gasteiger partial charge in [0.2, 0.25) is 0 Å². The lowest BCUT2D eigenvalue weighted by Crippen LogP contribution is -2.54. The van der Waals surface area contributed by atoms with E-state index in [4.69, 9.17) is 0 Å². The summed E-state index contributed by atoms with van der Waals surface area (Å²) in [7, 11) is 0. The van der Waals surface area contributed by atoms with E-state index in [1.165, 1.54) is 70.6 Å². The lowest BCUT2D eigenvalue weighted by Gasteiger charge is -2.62. The first kappa shape index (κ1) is 24.8. The van der Waals surface area contributed by atoms with E-state index in [0.717, 1.165) is 54.3 Å². The molecule has 0 aliphatic heterocycles. The monoisotopic (exact) mass is 442 g/mol. The molecule has 10 atom stereocenters. The highest BCUT2D eigenvalue weighted by Crippen LogP contribution is 2.66. The molecule has 32 heavy (non-hydrogen) atoms. The zero-order chi connectivity index (χ0) is 23.1. The molecule has 1 heteroatoms. The number of aliphatic hydroxyl groups is 1. The Bertz CT molecular complexity index is 665. The maximum absolute atomic E-state index is 10.3. The van der Waals surface area contributed by atoms with Gasteiger partial charge in [-0.25, -0.2) is 0 Å². The van der Waals surface area contributed by atoms with Crippen LogP contribution in [-0.2, 0) is 0 Å². The zero-order valence-corrected chi connectivity index (χ0v) is 22.3. The Hall–Kier alpha value is -0.300. The third-order valence-electron chi connectivity index (χ3n) is 12.0. The molecule has 0 radical (unpaired) electrons. The van der Waals surface area contributed by atoms with E-state index in [9.17, 15) is 5.11 Å². The molecule has 4 rings (SSSR count). The van der Waals surface area contributed by atoms with Gasteiger partial charge in [-0.15, -0.1) is 0 Å². The normalized spacial score (nSPS) is 44.5. The quantitative estimate of drug-likeness (QED) is 0.390. The third kappa shape index (κ3) is 4.27. The summed E-state index contributed by atoms with van der Waals surface area (Å²) >= 11 is 0. The van der Waals surface area contributed by atoms with Crippen LogP contribution in [0.25, 0.3) is 0 Å². The van der Waals surface area contributed by atoms with Crippen molar-refractivity contribution in [1.82, 2.24) is 0 Å². The Balaban J connectivity index is 1.49. The summed E-state index contributed by atoms with van der Waals surface area (Å²) in [5.74, 6) is 6.33. The molecule has 1 N–H and O–H groups in total. The number of allylic oxidation sites excluding steroid dienone is 1. The number of hydrogen-bond acceptors (Lipinski definition) is 1. The fraction of sp³-hybridized carbons (Fsp3) is 0.935. The molecule has 0 bridgehead atoms. The maximum Gasteiger partial charge on any atom is 0.0577 e. The predicted molar refractivity (Wildman–Crippen MR) is 137 cm³/mol. The fourth-order valence-electron chi connectivity index (χ4n) is 9.72. The van der Waals surface area contributed by atoms with E-state index in [2.05, 4.69) is 47.6 Å². The lowest BCUT2D eigenvalue weighted by atomic mass is 9.42. The highest BCUT2D eigenvalue weighted by Gasteiger charge is 2.57. The smallest absolute Gasteiger partial charge is 0.0577 e. The molecular formula is C31H54O. The molecule has 0 unspecified atom stereocenters. The van der Waals surface area contributed by atoms with Crippen molar-refractivity contribution in [2.45, 2.75) is 131 Å². The van der Waals surface area contributed by atoms with E-state index in [0.29, 0.717) is 10.8 Å². The van der Waals surface area contributed by atoms with Gasteiger partial charge in [0.1, 0.15) is 0 Å². The second kappa shape index (κ2) is 9.75. The third-order valence-corrected chi connectivity index (χ3v) is 12.0. The first-order valence-electron chi connectivity index (χ1n) is 14.6. The molecule has 0 aromatic rings. The second-order valence-corrected chi connectivity index (χ2v) is 13.3. The van der Waals surface area contributed by atoms with Gasteiger partial charge in [-0.2, -0.15) is 0 Å². The van der Waals surface area contributed by atoms with Gasteiger partial charge in [-0.05, 0) is 110 Å². The van der Waals surface area contributed by atoms with Crippen LogP contribution >= 0.6 is 0 Å². The first-order chi connectivity index (χ1) is 15.2. The van der Waals surface area contributed by atoms with E-state index < -0.39 is 0 Å². The molecule has 1 nitrogen and oxygen atoms in total. The molecule has 0 saturated heterocycles. The minimum Gasteiger partial charge on any atom is -0.393 e. The summed E-state index contributed by atoms with van der Waals surface area (Å²) in [4.78, 5) is 0. The van der Waals surface area contributed by atoms with Crippen molar-refractivity contribution in [3.8, 4) is 0 Å². The molecule has 0 spiro atoms. The van der Waals surface area contributed by atoms with Crippen molar-refractivity contribution >= 4 is 0 Å². The largest absolute Gasteiger partial charge is 0.393 e. The SMILES string of the molecule is CC[C@H](CC[C@@H](C)[C@@H]1CCC[C@@H]2[C@@H]3CC=C4C[C@@H](O)CC[C@]4(C)[C@H]3CC[C@@]21C)[C@@H](C)CC. The molecule has 3 fully saturated rings. The van der Waals surface area contributed by atoms with Gasteiger partial charge < -0.3 is 5.11 Å². The van der Waals surface area contributed by atoms with Gasteiger partial charge in [0.05, 0.1) is 6.10 Å². The van der Waals surface area contributed by atoms with Crippen molar-refractivity contribution in [1.29, 1.82) is 0 Å². The average molecular weight is 443 g/mol. The fourth-order valence-corrected chi connectivity index (χ4v) is 9.72. The predicted octanol–water partition coefficient (Wildman–Crippen LogP) is 8.81. The van der Waals surface area contributed by atoms with Crippen LogP contribution in [0.3, 0.4) is 0 Å². The van der Waals surface area contributed by atoms with Crippen LogP contribution in [-0.4, -0.2) is 11.2 Å². The zero-order valence-electron chi connectivity index (χ0n) is 22.3. The van der Waals surface area contributed by atoms with Crippen LogP contribution in [0.15, 0.2) is 11.6 Å². The minimum absolute atomic E-state index is 0.0815. The van der Waals surface area contributed by atoms with Crippen molar-refractivity contribution in [2.75, 3.05) is 0 Å². The van der Waals surface area contributed by atoms with E-state index in [1.54, 1.807) is 5.57 Å². The Morgan fingerprint density at radius 1 is 0.969 bits per heavy atom. The highest BCUT2D eigenvalue weighted by molar-refractivity contribution is 5.25. The summed E-state index contributed by atoms with van der Waals surface area (Å²) in [5.41, 5.74) is 2.57. The molecule has 4 aliphatic rings. The van der Waals surface area contributed by atoms with Gasteiger partial charge in [0.25, 0.3) is 0 Å². The van der Waals surface area contributed by atoms with Crippen molar-refractivity contribution in [2.24, 2.45) is 52.3 Å². The van der Waals surface area contributed by atoms with Crippen molar-refractivity contribution < 1.29 is 5.11 Å². The van der Waals surface area contributed by atoms with Crippen molar-refractivity contribution in [3.63, 3.8) is 0 Å². The second-order valence-electron chi connectivity index (χ2n) is 13.3. The van der Waals surface area contributed by atoms with Gasteiger partial charge in [-0.3, -0.25) is 0 Å². The maximum atomic E-state index is 10.3. The van der Waals surface area contributed by atoms with Crippen LogP contribution in [0, 0.1) is 52.3 Å². The van der Waals surface area contributed by atoms with Crippen LogP contribution in [0.4, 0.5) is 0 Å². The molecule has 184 valence electrons. The van der Waals surface area contributed by atoms with Gasteiger partial charge in [0, 0.05) is 0 Å². The molecule has 0 aromatic heterocycles. The van der Waals surface area contributed by atoms with Gasteiger partial charge >= 0.3 is 0 Å². The van der Waals surface area contributed by atoms with Crippen LogP contribution in [0.2, 0.25) is 0 Å². The van der Waals surface area contributed by atoms with Crippen LogP contribution in [0.1, 0.15) is 125 Å². The average Bonchev–Trinajstić information content (AvgIpc) is 2.78. The summed E-state index contributed by atoms with van der Waals surface area (Å²) in [6, 6.07) is 0. The summed E-state index contributed by atoms with van der Waals surface area (Å²) in [6.07, 6.45) is 19.9. The van der Waals surface area contributed by atoms with Crippen LogP contribution in [0.5, 0.6) is 0 Å². The van der Waals surface area contributed by atoms with Gasteiger partial charge in [-0.1, -0.05) is 78.9 Å². The van der Waals surface area contributed by atoms with Gasteiger partial charge in [0.15, 0.2) is 0 Å². The summed E-state index contributed by atoms with van der Waals surface area (Å²) in [5, 5.41) is 10.3. The topological polar surface area (TPSA) is 20.2 Å². The van der Waals surface area contributed by atoms with E-state index >= 15 is 0 Å². The number of hydrogen-bond donors (Lipinski definition) is 1.